The minimum absolute atomic E-state index is 0.00587. The molecule has 0 bridgehead atoms. The van der Waals surface area contributed by atoms with E-state index in [4.69, 9.17) is 15.2 Å². The molecule has 0 aliphatic carbocycles. The van der Waals surface area contributed by atoms with Gasteiger partial charge < -0.3 is 20.5 Å². The van der Waals surface area contributed by atoms with E-state index in [2.05, 4.69) is 19.2 Å². The summed E-state index contributed by atoms with van der Waals surface area (Å²) in [5.74, 6) is 1.78. The molecule has 2 atom stereocenters. The lowest BCUT2D eigenvalue weighted by molar-refractivity contribution is -0.125. The summed E-state index contributed by atoms with van der Waals surface area (Å²) in [6, 6.07) is 7.54. The number of benzene rings is 1. The van der Waals surface area contributed by atoms with Crippen LogP contribution in [0.25, 0.3) is 0 Å². The van der Waals surface area contributed by atoms with Gasteiger partial charge in [0.15, 0.2) is 11.5 Å². The van der Waals surface area contributed by atoms with E-state index < -0.39 is 0 Å². The zero-order valence-electron chi connectivity index (χ0n) is 12.7. The van der Waals surface area contributed by atoms with Crippen LogP contribution in [0.2, 0.25) is 0 Å². The monoisotopic (exact) mass is 292 g/mol. The molecule has 5 nitrogen and oxygen atoms in total. The summed E-state index contributed by atoms with van der Waals surface area (Å²) in [6.45, 7) is 5.42. The van der Waals surface area contributed by atoms with Crippen LogP contribution >= 0.6 is 0 Å². The fourth-order valence-electron chi connectivity index (χ4n) is 2.40. The van der Waals surface area contributed by atoms with Gasteiger partial charge >= 0.3 is 0 Å². The van der Waals surface area contributed by atoms with Crippen LogP contribution < -0.4 is 20.5 Å². The summed E-state index contributed by atoms with van der Waals surface area (Å²) in [5.41, 5.74) is 5.68. The molecular formula is C16H24N2O3. The highest BCUT2D eigenvalue weighted by molar-refractivity contribution is 5.78. The number of fused-ring (bicyclic) bond motifs is 1. The summed E-state index contributed by atoms with van der Waals surface area (Å²) in [6.07, 6.45) is 0.633. The van der Waals surface area contributed by atoms with Crippen molar-refractivity contribution in [1.29, 1.82) is 0 Å². The molecule has 21 heavy (non-hydrogen) atoms. The molecule has 0 aromatic heterocycles. The smallest absolute Gasteiger partial charge is 0.224 e. The molecule has 116 valence electrons. The summed E-state index contributed by atoms with van der Waals surface area (Å²) < 4.78 is 11.4. The highest BCUT2D eigenvalue weighted by atomic mass is 16.6. The fraction of sp³-hybridized carbons (Fsp3) is 0.562. The van der Waals surface area contributed by atoms with E-state index in [1.807, 2.05) is 24.3 Å². The van der Waals surface area contributed by atoms with Gasteiger partial charge in [-0.15, -0.1) is 0 Å². The van der Waals surface area contributed by atoms with Gasteiger partial charge in [-0.2, -0.15) is 0 Å². The Morgan fingerprint density at radius 3 is 2.76 bits per heavy atom. The molecule has 2 rings (SSSR count). The number of hydrogen-bond donors (Lipinski definition) is 2. The van der Waals surface area contributed by atoms with Gasteiger partial charge in [0.25, 0.3) is 0 Å². The van der Waals surface area contributed by atoms with Crippen LogP contribution in [-0.4, -0.2) is 31.7 Å². The second-order valence-electron chi connectivity index (χ2n) is 5.80. The van der Waals surface area contributed by atoms with Crippen LogP contribution in [0.4, 0.5) is 0 Å². The molecule has 0 fully saturated rings. The zero-order chi connectivity index (χ0) is 15.2. The Labute approximate surface area is 125 Å². The van der Waals surface area contributed by atoms with Gasteiger partial charge in [0.05, 0.1) is 12.5 Å². The molecule has 3 N–H and O–H groups in total. The zero-order valence-corrected chi connectivity index (χ0v) is 12.7. The Kier molecular flexibility index (Phi) is 5.44. The van der Waals surface area contributed by atoms with Gasteiger partial charge in [-0.05, 0) is 24.5 Å². The van der Waals surface area contributed by atoms with Crippen LogP contribution in [0, 0.1) is 11.8 Å². The highest BCUT2D eigenvalue weighted by Crippen LogP contribution is 2.30. The quantitative estimate of drug-likeness (QED) is 0.834. The Morgan fingerprint density at radius 2 is 2.10 bits per heavy atom. The van der Waals surface area contributed by atoms with Crippen molar-refractivity contribution >= 4 is 5.91 Å². The van der Waals surface area contributed by atoms with Gasteiger partial charge in [-0.3, -0.25) is 4.79 Å². The van der Waals surface area contributed by atoms with E-state index in [0.29, 0.717) is 25.6 Å². The maximum atomic E-state index is 12.1. The van der Waals surface area contributed by atoms with Gasteiger partial charge in [0.2, 0.25) is 5.91 Å². The standard InChI is InChI=1S/C16H24N2O3/c1-11(2)7-12(8-17)16(19)18-9-13-10-20-14-5-3-4-6-15(14)21-13/h3-6,11-13H,7-10,17H2,1-2H3,(H,18,19). The molecule has 1 heterocycles. The van der Waals surface area contributed by atoms with Crippen molar-refractivity contribution in [2.24, 2.45) is 17.6 Å². The van der Waals surface area contributed by atoms with Crippen molar-refractivity contribution in [3.63, 3.8) is 0 Å². The number of nitrogens with two attached hydrogens (primary N) is 1. The predicted molar refractivity (Wildman–Crippen MR) is 81.4 cm³/mol. The first-order valence-corrected chi connectivity index (χ1v) is 7.46. The summed E-state index contributed by atoms with van der Waals surface area (Å²) >= 11 is 0. The molecular weight excluding hydrogens is 268 g/mol. The van der Waals surface area contributed by atoms with Crippen LogP contribution in [0.5, 0.6) is 11.5 Å². The van der Waals surface area contributed by atoms with Gasteiger partial charge in [-0.1, -0.05) is 26.0 Å². The Hall–Kier alpha value is -1.75. The summed E-state index contributed by atoms with van der Waals surface area (Å²) in [7, 11) is 0. The van der Waals surface area contributed by atoms with E-state index in [9.17, 15) is 4.79 Å². The number of amides is 1. The van der Waals surface area contributed by atoms with E-state index in [-0.39, 0.29) is 17.9 Å². The first-order valence-electron chi connectivity index (χ1n) is 7.46. The molecule has 0 spiro atoms. The molecule has 1 amide bonds. The van der Waals surface area contributed by atoms with Crippen molar-refractivity contribution in [1.82, 2.24) is 5.32 Å². The fourth-order valence-corrected chi connectivity index (χ4v) is 2.40. The Morgan fingerprint density at radius 1 is 1.38 bits per heavy atom. The largest absolute Gasteiger partial charge is 0.486 e. The second kappa shape index (κ2) is 7.31. The number of para-hydroxylation sites is 2. The van der Waals surface area contributed by atoms with Crippen molar-refractivity contribution in [3.05, 3.63) is 24.3 Å². The van der Waals surface area contributed by atoms with Crippen LogP contribution in [-0.2, 0) is 4.79 Å². The molecule has 1 aliphatic heterocycles. The number of rotatable bonds is 6. The van der Waals surface area contributed by atoms with Crippen molar-refractivity contribution < 1.29 is 14.3 Å². The molecule has 0 saturated carbocycles. The van der Waals surface area contributed by atoms with Gasteiger partial charge in [-0.25, -0.2) is 0 Å². The van der Waals surface area contributed by atoms with Gasteiger partial charge in [0.1, 0.15) is 12.7 Å². The molecule has 1 aromatic carbocycles. The molecule has 2 unspecified atom stereocenters. The number of hydrogen-bond acceptors (Lipinski definition) is 4. The number of carbonyl (C=O) groups is 1. The first kappa shape index (κ1) is 15.6. The van der Waals surface area contributed by atoms with Crippen molar-refractivity contribution in [2.75, 3.05) is 19.7 Å². The normalized spacial score (nSPS) is 18.4. The lowest BCUT2D eigenvalue weighted by atomic mass is 9.96. The third-order valence-electron chi connectivity index (χ3n) is 3.48. The molecule has 0 radical (unpaired) electrons. The maximum Gasteiger partial charge on any atom is 0.224 e. The predicted octanol–water partition coefficient (Wildman–Crippen LogP) is 1.56. The average molecular weight is 292 g/mol. The van der Waals surface area contributed by atoms with Crippen LogP contribution in [0.15, 0.2) is 24.3 Å². The first-order chi connectivity index (χ1) is 10.1. The third kappa shape index (κ3) is 4.36. The van der Waals surface area contributed by atoms with Crippen LogP contribution in [0.3, 0.4) is 0 Å². The van der Waals surface area contributed by atoms with E-state index in [0.717, 1.165) is 17.9 Å². The lowest BCUT2D eigenvalue weighted by Gasteiger charge is -2.27. The van der Waals surface area contributed by atoms with E-state index in [1.165, 1.54) is 0 Å². The Balaban J connectivity index is 1.82. The van der Waals surface area contributed by atoms with E-state index >= 15 is 0 Å². The maximum absolute atomic E-state index is 12.1. The number of nitrogens with one attached hydrogen (secondary N) is 1. The average Bonchev–Trinajstić information content (AvgIpc) is 2.49. The molecule has 0 saturated heterocycles. The number of ether oxygens (including phenoxy) is 2. The SMILES string of the molecule is CC(C)CC(CN)C(=O)NCC1COc2ccccc2O1. The lowest BCUT2D eigenvalue weighted by Crippen LogP contribution is -2.44. The van der Waals surface area contributed by atoms with Crippen molar-refractivity contribution in [3.8, 4) is 11.5 Å². The third-order valence-corrected chi connectivity index (χ3v) is 3.48. The highest BCUT2D eigenvalue weighted by Gasteiger charge is 2.23. The van der Waals surface area contributed by atoms with E-state index in [1.54, 1.807) is 0 Å². The minimum atomic E-state index is -0.165. The molecule has 1 aromatic rings. The summed E-state index contributed by atoms with van der Waals surface area (Å²) in [5, 5.41) is 2.92. The van der Waals surface area contributed by atoms with Crippen LogP contribution in [0.1, 0.15) is 20.3 Å². The summed E-state index contributed by atoms with van der Waals surface area (Å²) in [4.78, 5) is 12.1. The molecule has 1 aliphatic rings. The topological polar surface area (TPSA) is 73.6 Å². The number of carbonyl (C=O) groups excluding carboxylic acids is 1. The second-order valence-corrected chi connectivity index (χ2v) is 5.80. The van der Waals surface area contributed by atoms with Crippen molar-refractivity contribution in [2.45, 2.75) is 26.4 Å². The molecule has 5 heteroatoms. The minimum Gasteiger partial charge on any atom is -0.486 e. The Bertz CT molecular complexity index is 476. The van der Waals surface area contributed by atoms with Gasteiger partial charge in [0, 0.05) is 6.54 Å².